The number of nitrogens with two attached hydrogens (primary N) is 1. The maximum atomic E-state index is 12.6. The summed E-state index contributed by atoms with van der Waals surface area (Å²) < 4.78 is 5.36. The van der Waals surface area contributed by atoms with E-state index < -0.39 is 5.54 Å². The molecule has 3 N–H and O–H groups in total. The number of carbonyl (C=O) groups is 1. The third-order valence-corrected chi connectivity index (χ3v) is 4.16. The first-order valence-electron chi connectivity index (χ1n) is 7.28. The monoisotopic (exact) mass is 297 g/mol. The number of methoxy groups -OCH3 is 1. The second kappa shape index (κ2) is 5.77. The van der Waals surface area contributed by atoms with Gasteiger partial charge in [-0.3, -0.25) is 9.78 Å². The van der Waals surface area contributed by atoms with Crippen LogP contribution in [0.3, 0.4) is 0 Å². The molecule has 0 saturated heterocycles. The van der Waals surface area contributed by atoms with E-state index in [0.717, 1.165) is 29.0 Å². The van der Waals surface area contributed by atoms with E-state index in [0.29, 0.717) is 13.0 Å². The van der Waals surface area contributed by atoms with Gasteiger partial charge in [-0.1, -0.05) is 18.2 Å². The molecule has 1 aliphatic carbocycles. The first kappa shape index (κ1) is 14.5. The average Bonchev–Trinajstić information content (AvgIpc) is 2.92. The van der Waals surface area contributed by atoms with Crippen LogP contribution in [0.5, 0.6) is 5.75 Å². The van der Waals surface area contributed by atoms with Crippen molar-refractivity contribution >= 4 is 5.91 Å². The summed E-state index contributed by atoms with van der Waals surface area (Å²) >= 11 is 0. The minimum atomic E-state index is -1.00. The molecule has 5 heteroatoms. The maximum absolute atomic E-state index is 12.6. The van der Waals surface area contributed by atoms with E-state index >= 15 is 0 Å². The molecule has 1 unspecified atom stereocenters. The van der Waals surface area contributed by atoms with Gasteiger partial charge >= 0.3 is 0 Å². The number of amides is 1. The number of ether oxygens (including phenoxy) is 1. The molecule has 0 bridgehead atoms. The molecule has 0 saturated carbocycles. The summed E-state index contributed by atoms with van der Waals surface area (Å²) in [6.07, 6.45) is 3.03. The highest BCUT2D eigenvalue weighted by molar-refractivity contribution is 5.89. The van der Waals surface area contributed by atoms with Crippen molar-refractivity contribution in [2.24, 2.45) is 5.73 Å². The molecule has 114 valence electrons. The van der Waals surface area contributed by atoms with Gasteiger partial charge in [-0.15, -0.1) is 0 Å². The van der Waals surface area contributed by atoms with Crippen molar-refractivity contribution in [1.82, 2.24) is 10.3 Å². The van der Waals surface area contributed by atoms with Crippen LogP contribution in [0, 0.1) is 0 Å². The van der Waals surface area contributed by atoms with E-state index in [1.165, 1.54) is 0 Å². The standard InChI is InChI=1S/C17H19N3O2/c1-22-15-7-4-6-14-13(15)8-9-17(14,18)16(21)20-11-12-5-2-3-10-19-12/h2-7,10H,8-9,11,18H2,1H3,(H,20,21). The number of hydrogen-bond acceptors (Lipinski definition) is 4. The number of hydrogen-bond donors (Lipinski definition) is 2. The lowest BCUT2D eigenvalue weighted by molar-refractivity contribution is -0.126. The average molecular weight is 297 g/mol. The molecule has 5 nitrogen and oxygen atoms in total. The summed E-state index contributed by atoms with van der Waals surface area (Å²) in [5.74, 6) is 0.618. The topological polar surface area (TPSA) is 77.2 Å². The summed E-state index contributed by atoms with van der Waals surface area (Å²) in [4.78, 5) is 16.8. The summed E-state index contributed by atoms with van der Waals surface area (Å²) in [6, 6.07) is 11.3. The number of fused-ring (bicyclic) bond motifs is 1. The quantitative estimate of drug-likeness (QED) is 0.896. The predicted molar refractivity (Wildman–Crippen MR) is 83.3 cm³/mol. The number of aromatic nitrogens is 1. The van der Waals surface area contributed by atoms with Crippen molar-refractivity contribution in [2.45, 2.75) is 24.9 Å². The lowest BCUT2D eigenvalue weighted by Gasteiger charge is -2.24. The Hall–Kier alpha value is -2.40. The normalized spacial score (nSPS) is 19.5. The van der Waals surface area contributed by atoms with Crippen LogP contribution in [-0.4, -0.2) is 18.0 Å². The Morgan fingerprint density at radius 1 is 1.36 bits per heavy atom. The minimum Gasteiger partial charge on any atom is -0.496 e. The minimum absolute atomic E-state index is 0.176. The third kappa shape index (κ3) is 2.44. The lowest BCUT2D eigenvalue weighted by Crippen LogP contribution is -2.49. The summed E-state index contributed by atoms with van der Waals surface area (Å²) in [5, 5.41) is 2.89. The number of nitrogens with zero attached hydrogens (tertiary/aromatic N) is 1. The van der Waals surface area contributed by atoms with Crippen molar-refractivity contribution in [2.75, 3.05) is 7.11 Å². The molecule has 0 aliphatic heterocycles. The molecule has 1 aromatic heterocycles. The summed E-state index contributed by atoms with van der Waals surface area (Å²) in [7, 11) is 1.63. The molecule has 1 atom stereocenters. The van der Waals surface area contributed by atoms with E-state index in [9.17, 15) is 4.79 Å². The highest BCUT2D eigenvalue weighted by Gasteiger charge is 2.42. The van der Waals surface area contributed by atoms with Gasteiger partial charge in [0.15, 0.2) is 0 Å². The largest absolute Gasteiger partial charge is 0.496 e. The molecule has 1 aliphatic rings. The van der Waals surface area contributed by atoms with Gasteiger partial charge in [0.25, 0.3) is 0 Å². The number of rotatable bonds is 4. The maximum Gasteiger partial charge on any atom is 0.245 e. The second-order valence-corrected chi connectivity index (χ2v) is 5.46. The Balaban J connectivity index is 1.79. The molecule has 0 fully saturated rings. The van der Waals surface area contributed by atoms with Crippen LogP contribution >= 0.6 is 0 Å². The molecule has 22 heavy (non-hydrogen) atoms. The number of nitrogens with one attached hydrogen (secondary N) is 1. The van der Waals surface area contributed by atoms with Crippen molar-refractivity contribution in [3.63, 3.8) is 0 Å². The molecule has 0 spiro atoms. The van der Waals surface area contributed by atoms with Crippen LogP contribution < -0.4 is 15.8 Å². The lowest BCUT2D eigenvalue weighted by atomic mass is 9.92. The third-order valence-electron chi connectivity index (χ3n) is 4.16. The van der Waals surface area contributed by atoms with Crippen LogP contribution in [0.4, 0.5) is 0 Å². The van der Waals surface area contributed by atoms with Gasteiger partial charge in [-0.2, -0.15) is 0 Å². The zero-order chi connectivity index (χ0) is 15.6. The van der Waals surface area contributed by atoms with Gasteiger partial charge in [0, 0.05) is 6.20 Å². The van der Waals surface area contributed by atoms with E-state index in [2.05, 4.69) is 10.3 Å². The Kier molecular flexibility index (Phi) is 3.81. The van der Waals surface area contributed by atoms with E-state index in [1.807, 2.05) is 36.4 Å². The van der Waals surface area contributed by atoms with Gasteiger partial charge in [0.1, 0.15) is 11.3 Å². The smallest absolute Gasteiger partial charge is 0.245 e. The molecule has 3 rings (SSSR count). The molecule has 1 amide bonds. The van der Waals surface area contributed by atoms with Gasteiger partial charge in [0.05, 0.1) is 19.3 Å². The van der Waals surface area contributed by atoms with Crippen molar-refractivity contribution in [3.8, 4) is 5.75 Å². The van der Waals surface area contributed by atoms with Gasteiger partial charge in [-0.25, -0.2) is 0 Å². The van der Waals surface area contributed by atoms with E-state index in [1.54, 1.807) is 13.3 Å². The molecule has 2 aromatic rings. The molecular formula is C17H19N3O2. The summed E-state index contributed by atoms with van der Waals surface area (Å²) in [6.45, 7) is 0.373. The SMILES string of the molecule is COc1cccc2c1CCC2(N)C(=O)NCc1ccccn1. The van der Waals surface area contributed by atoms with Crippen LogP contribution in [-0.2, 0) is 23.3 Å². The fourth-order valence-corrected chi connectivity index (χ4v) is 2.96. The summed E-state index contributed by atoms with van der Waals surface area (Å²) in [5.41, 5.74) is 8.10. The number of pyridine rings is 1. The van der Waals surface area contributed by atoms with Crippen LogP contribution in [0.1, 0.15) is 23.2 Å². The second-order valence-electron chi connectivity index (χ2n) is 5.46. The zero-order valence-electron chi connectivity index (χ0n) is 12.5. The number of benzene rings is 1. The van der Waals surface area contributed by atoms with E-state index in [-0.39, 0.29) is 5.91 Å². The Labute approximate surface area is 129 Å². The molecule has 1 heterocycles. The number of carbonyl (C=O) groups excluding carboxylic acids is 1. The highest BCUT2D eigenvalue weighted by atomic mass is 16.5. The molecule has 0 radical (unpaired) electrons. The van der Waals surface area contributed by atoms with Crippen molar-refractivity contribution < 1.29 is 9.53 Å². The Morgan fingerprint density at radius 3 is 2.95 bits per heavy atom. The van der Waals surface area contributed by atoms with Gasteiger partial charge in [-0.05, 0) is 42.2 Å². The van der Waals surface area contributed by atoms with Crippen LogP contribution in [0.25, 0.3) is 0 Å². The van der Waals surface area contributed by atoms with E-state index in [4.69, 9.17) is 10.5 Å². The fraction of sp³-hybridized carbons (Fsp3) is 0.294. The van der Waals surface area contributed by atoms with Crippen molar-refractivity contribution in [1.29, 1.82) is 0 Å². The Morgan fingerprint density at radius 2 is 2.23 bits per heavy atom. The molecule has 1 aromatic carbocycles. The van der Waals surface area contributed by atoms with Crippen molar-refractivity contribution in [3.05, 3.63) is 59.4 Å². The first-order chi connectivity index (χ1) is 10.6. The predicted octanol–water partition coefficient (Wildman–Crippen LogP) is 1.51. The van der Waals surface area contributed by atoms with Gasteiger partial charge < -0.3 is 15.8 Å². The Bertz CT molecular complexity index is 688. The van der Waals surface area contributed by atoms with Crippen LogP contribution in [0.2, 0.25) is 0 Å². The van der Waals surface area contributed by atoms with Gasteiger partial charge in [0.2, 0.25) is 5.91 Å². The fourth-order valence-electron chi connectivity index (χ4n) is 2.96. The zero-order valence-corrected chi connectivity index (χ0v) is 12.5. The highest BCUT2D eigenvalue weighted by Crippen LogP contribution is 2.39. The first-order valence-corrected chi connectivity index (χ1v) is 7.28. The van der Waals surface area contributed by atoms with Crippen LogP contribution in [0.15, 0.2) is 42.6 Å². The molecular weight excluding hydrogens is 278 g/mol.